The molecule has 112 valence electrons. The van der Waals surface area contributed by atoms with Gasteiger partial charge in [0.05, 0.1) is 0 Å². The average molecular weight is 266 g/mol. The summed E-state index contributed by atoms with van der Waals surface area (Å²) in [7, 11) is 0. The summed E-state index contributed by atoms with van der Waals surface area (Å²) in [6.45, 7) is 4.34. The van der Waals surface area contributed by atoms with Crippen LogP contribution in [0.2, 0.25) is 0 Å². The van der Waals surface area contributed by atoms with E-state index in [1.807, 2.05) is 0 Å². The molecule has 0 aromatic rings. The predicted molar refractivity (Wildman–Crippen MR) is 83.2 cm³/mol. The molecule has 2 rings (SSSR count). The van der Waals surface area contributed by atoms with Crippen LogP contribution in [-0.4, -0.2) is 18.6 Å². The average Bonchev–Trinajstić information content (AvgIpc) is 2.57. The fraction of sp³-hybridized carbons (Fsp3) is 1.00. The molecule has 2 atom stereocenters. The van der Waals surface area contributed by atoms with Crippen LogP contribution in [-0.2, 0) is 0 Å². The van der Waals surface area contributed by atoms with E-state index in [0.717, 1.165) is 18.4 Å². The summed E-state index contributed by atoms with van der Waals surface area (Å²) in [4.78, 5) is 0. The van der Waals surface area contributed by atoms with Crippen molar-refractivity contribution < 1.29 is 0 Å². The molecule has 3 N–H and O–H groups in total. The van der Waals surface area contributed by atoms with E-state index in [9.17, 15) is 0 Å². The van der Waals surface area contributed by atoms with Gasteiger partial charge in [-0.15, -0.1) is 0 Å². The van der Waals surface area contributed by atoms with Gasteiger partial charge < -0.3 is 11.1 Å². The zero-order valence-electron chi connectivity index (χ0n) is 12.9. The van der Waals surface area contributed by atoms with Crippen molar-refractivity contribution in [3.63, 3.8) is 0 Å². The Kier molecular flexibility index (Phi) is 6.15. The quantitative estimate of drug-likeness (QED) is 0.687. The maximum atomic E-state index is 6.13. The van der Waals surface area contributed by atoms with E-state index < -0.39 is 0 Å². The molecule has 0 aromatic carbocycles. The molecular formula is C17H34N2. The van der Waals surface area contributed by atoms with Gasteiger partial charge in [-0.2, -0.15) is 0 Å². The van der Waals surface area contributed by atoms with E-state index in [4.69, 9.17) is 5.73 Å². The van der Waals surface area contributed by atoms with Gasteiger partial charge >= 0.3 is 0 Å². The Balaban J connectivity index is 1.75. The first kappa shape index (κ1) is 15.3. The molecule has 0 bridgehead atoms. The Morgan fingerprint density at radius 2 is 1.74 bits per heavy atom. The second-order valence-corrected chi connectivity index (χ2v) is 7.08. The van der Waals surface area contributed by atoms with Gasteiger partial charge in [0.25, 0.3) is 0 Å². The lowest BCUT2D eigenvalue weighted by atomic mass is 9.82. The minimum atomic E-state index is 0.270. The van der Waals surface area contributed by atoms with Gasteiger partial charge in [-0.1, -0.05) is 51.9 Å². The summed E-state index contributed by atoms with van der Waals surface area (Å²) in [6, 6.07) is 0. The Bertz CT molecular complexity index is 250. The van der Waals surface area contributed by atoms with Crippen LogP contribution in [0.1, 0.15) is 77.6 Å². The molecule has 2 aliphatic rings. The summed E-state index contributed by atoms with van der Waals surface area (Å²) in [5, 5.41) is 3.86. The smallest absolute Gasteiger partial charge is 0.0304 e. The second-order valence-electron chi connectivity index (χ2n) is 7.08. The van der Waals surface area contributed by atoms with Crippen LogP contribution in [0.25, 0.3) is 0 Å². The van der Waals surface area contributed by atoms with Crippen molar-refractivity contribution in [1.29, 1.82) is 0 Å². The van der Waals surface area contributed by atoms with Crippen LogP contribution in [0.3, 0.4) is 0 Å². The first-order valence-electron chi connectivity index (χ1n) is 8.73. The summed E-state index contributed by atoms with van der Waals surface area (Å²) >= 11 is 0. The van der Waals surface area contributed by atoms with Gasteiger partial charge in [0, 0.05) is 12.1 Å². The fourth-order valence-electron chi connectivity index (χ4n) is 3.95. The molecule has 2 unspecified atom stereocenters. The third kappa shape index (κ3) is 4.46. The molecule has 2 saturated carbocycles. The number of nitrogens with two attached hydrogens (primary N) is 1. The molecule has 2 fully saturated rings. The topological polar surface area (TPSA) is 38.0 Å². The summed E-state index contributed by atoms with van der Waals surface area (Å²) in [5.41, 5.74) is 6.40. The Morgan fingerprint density at radius 3 is 2.37 bits per heavy atom. The van der Waals surface area contributed by atoms with Crippen molar-refractivity contribution in [3.8, 4) is 0 Å². The molecule has 0 saturated heterocycles. The lowest BCUT2D eigenvalue weighted by molar-refractivity contribution is 0.246. The molecule has 2 aliphatic carbocycles. The minimum Gasteiger partial charge on any atom is -0.329 e. The van der Waals surface area contributed by atoms with Crippen molar-refractivity contribution in [2.75, 3.05) is 13.1 Å². The molecule has 19 heavy (non-hydrogen) atoms. The highest BCUT2D eigenvalue weighted by Gasteiger charge is 2.31. The molecule has 0 aliphatic heterocycles. The second kappa shape index (κ2) is 7.64. The van der Waals surface area contributed by atoms with Gasteiger partial charge in [0.1, 0.15) is 0 Å². The molecule has 2 nitrogen and oxygen atoms in total. The van der Waals surface area contributed by atoms with E-state index >= 15 is 0 Å². The number of hydrogen-bond donors (Lipinski definition) is 2. The monoisotopic (exact) mass is 266 g/mol. The number of hydrogen-bond acceptors (Lipinski definition) is 2. The Morgan fingerprint density at radius 1 is 1.00 bits per heavy atom. The number of nitrogens with one attached hydrogen (secondary N) is 1. The molecule has 0 amide bonds. The van der Waals surface area contributed by atoms with Crippen LogP contribution in [0.15, 0.2) is 0 Å². The molecule has 0 radical (unpaired) electrons. The lowest BCUT2D eigenvalue weighted by Crippen LogP contribution is -2.51. The molecular weight excluding hydrogens is 232 g/mol. The highest BCUT2D eigenvalue weighted by atomic mass is 15.0. The van der Waals surface area contributed by atoms with Gasteiger partial charge in [-0.25, -0.2) is 0 Å². The number of rotatable bonds is 7. The Labute approximate surface area is 119 Å². The SMILES string of the molecule is CCCC1CCCC(CN)(NCCC2CCC2)CC1. The maximum Gasteiger partial charge on any atom is 0.0304 e. The van der Waals surface area contributed by atoms with Gasteiger partial charge in [0.2, 0.25) is 0 Å². The van der Waals surface area contributed by atoms with E-state index in [1.54, 1.807) is 0 Å². The third-order valence-corrected chi connectivity index (χ3v) is 5.66. The third-order valence-electron chi connectivity index (χ3n) is 5.66. The van der Waals surface area contributed by atoms with Crippen LogP contribution in [0, 0.1) is 11.8 Å². The normalized spacial score (nSPS) is 32.8. The lowest BCUT2D eigenvalue weighted by Gasteiger charge is -2.35. The Hall–Kier alpha value is -0.0800. The first-order chi connectivity index (χ1) is 9.28. The molecule has 0 aromatic heterocycles. The van der Waals surface area contributed by atoms with Gasteiger partial charge in [0.15, 0.2) is 0 Å². The van der Waals surface area contributed by atoms with Crippen molar-refractivity contribution in [1.82, 2.24) is 5.32 Å². The van der Waals surface area contributed by atoms with Gasteiger partial charge in [-0.3, -0.25) is 0 Å². The van der Waals surface area contributed by atoms with Crippen molar-refractivity contribution in [2.45, 2.75) is 83.1 Å². The van der Waals surface area contributed by atoms with Crippen molar-refractivity contribution >= 4 is 0 Å². The fourth-order valence-corrected chi connectivity index (χ4v) is 3.95. The highest BCUT2D eigenvalue weighted by Crippen LogP contribution is 2.33. The summed E-state index contributed by atoms with van der Waals surface area (Å²) in [5.74, 6) is 1.98. The van der Waals surface area contributed by atoms with Gasteiger partial charge in [-0.05, 0) is 44.1 Å². The largest absolute Gasteiger partial charge is 0.329 e. The van der Waals surface area contributed by atoms with Crippen LogP contribution >= 0.6 is 0 Å². The van der Waals surface area contributed by atoms with Crippen molar-refractivity contribution in [3.05, 3.63) is 0 Å². The maximum absolute atomic E-state index is 6.13. The zero-order valence-corrected chi connectivity index (χ0v) is 12.9. The van der Waals surface area contributed by atoms with Crippen molar-refractivity contribution in [2.24, 2.45) is 17.6 Å². The standard InChI is InChI=1S/C17H34N2/c1-2-5-15-8-4-11-17(14-18,12-9-15)19-13-10-16-6-3-7-16/h15-16,19H,2-14,18H2,1H3. The van der Waals surface area contributed by atoms with E-state index in [-0.39, 0.29) is 5.54 Å². The van der Waals surface area contributed by atoms with E-state index in [1.165, 1.54) is 77.2 Å². The minimum absolute atomic E-state index is 0.270. The van der Waals surface area contributed by atoms with E-state index in [2.05, 4.69) is 12.2 Å². The zero-order chi connectivity index (χ0) is 13.6. The predicted octanol–water partition coefficient (Wildman–Crippen LogP) is 3.84. The first-order valence-corrected chi connectivity index (χ1v) is 8.73. The molecule has 2 heteroatoms. The highest BCUT2D eigenvalue weighted by molar-refractivity contribution is 4.92. The van der Waals surface area contributed by atoms with E-state index in [0.29, 0.717) is 0 Å². The summed E-state index contributed by atoms with van der Waals surface area (Å²) < 4.78 is 0. The summed E-state index contributed by atoms with van der Waals surface area (Å²) in [6.07, 6.45) is 15.3. The van der Waals surface area contributed by atoms with Crippen LogP contribution < -0.4 is 11.1 Å². The van der Waals surface area contributed by atoms with Crippen LogP contribution in [0.5, 0.6) is 0 Å². The molecule has 0 spiro atoms. The molecule has 0 heterocycles. The van der Waals surface area contributed by atoms with Crippen LogP contribution in [0.4, 0.5) is 0 Å².